The van der Waals surface area contributed by atoms with E-state index in [2.05, 4.69) is 31.0 Å². The normalized spacial score (nSPS) is 12.0. The molecule has 1 N–H and O–H groups in total. The molecule has 0 saturated heterocycles. The van der Waals surface area contributed by atoms with Crippen LogP contribution in [0.4, 0.5) is 0 Å². The summed E-state index contributed by atoms with van der Waals surface area (Å²) >= 11 is 3.20. The van der Waals surface area contributed by atoms with Crippen LogP contribution in [0.25, 0.3) is 15.8 Å². The summed E-state index contributed by atoms with van der Waals surface area (Å²) < 4.78 is 0. The van der Waals surface area contributed by atoms with Gasteiger partial charge in [-0.25, -0.2) is 0 Å². The van der Waals surface area contributed by atoms with Gasteiger partial charge in [-0.3, -0.25) is 4.79 Å². The maximum Gasteiger partial charge on any atom is 0.196 e. The van der Waals surface area contributed by atoms with Gasteiger partial charge in [0.25, 0.3) is 0 Å². The fourth-order valence-electron chi connectivity index (χ4n) is 2.54. The molecule has 0 saturated carbocycles. The van der Waals surface area contributed by atoms with Crippen LogP contribution < -0.4 is 0 Å². The second kappa shape index (κ2) is 6.55. The first-order valence-corrected chi connectivity index (χ1v) is 9.07. The molecule has 0 spiro atoms. The third-order valence-electron chi connectivity index (χ3n) is 3.47. The van der Waals surface area contributed by atoms with Crippen LogP contribution in [0, 0.1) is 6.92 Å². The van der Waals surface area contributed by atoms with Crippen LogP contribution in [0.5, 0.6) is 0 Å². The molecule has 4 heteroatoms. The SMILES string of the molecule is CCS/C(=C\C(=O)c1cccs1)c1c(C)[nH]c2ccccc12. The van der Waals surface area contributed by atoms with Crippen molar-refractivity contribution >= 4 is 44.7 Å². The van der Waals surface area contributed by atoms with Crippen molar-refractivity contribution < 1.29 is 4.79 Å². The largest absolute Gasteiger partial charge is 0.358 e. The molecule has 2 heterocycles. The molecule has 112 valence electrons. The molecule has 3 aromatic rings. The number of nitrogens with one attached hydrogen (secondary N) is 1. The van der Waals surface area contributed by atoms with Crippen molar-refractivity contribution in [2.75, 3.05) is 5.75 Å². The Balaban J connectivity index is 2.10. The van der Waals surface area contributed by atoms with Gasteiger partial charge in [0.2, 0.25) is 0 Å². The van der Waals surface area contributed by atoms with Gasteiger partial charge < -0.3 is 4.98 Å². The lowest BCUT2D eigenvalue weighted by Crippen LogP contribution is -1.93. The predicted octanol–water partition coefficient (Wildman–Crippen LogP) is 5.51. The number of aryl methyl sites for hydroxylation is 1. The van der Waals surface area contributed by atoms with Crippen LogP contribution in [0.2, 0.25) is 0 Å². The lowest BCUT2D eigenvalue weighted by molar-refractivity contribution is 0.105. The van der Waals surface area contributed by atoms with E-state index in [9.17, 15) is 4.79 Å². The highest BCUT2D eigenvalue weighted by Crippen LogP contribution is 2.35. The summed E-state index contributed by atoms with van der Waals surface area (Å²) in [6, 6.07) is 12.0. The molecule has 0 aliphatic heterocycles. The Morgan fingerprint density at radius 3 is 2.82 bits per heavy atom. The highest BCUT2D eigenvalue weighted by atomic mass is 32.2. The summed E-state index contributed by atoms with van der Waals surface area (Å²) in [7, 11) is 0. The van der Waals surface area contributed by atoms with E-state index >= 15 is 0 Å². The third-order valence-corrected chi connectivity index (χ3v) is 5.27. The molecule has 2 nitrogen and oxygen atoms in total. The number of rotatable bonds is 5. The lowest BCUT2D eigenvalue weighted by Gasteiger charge is -2.06. The van der Waals surface area contributed by atoms with Crippen LogP contribution in [0.3, 0.4) is 0 Å². The minimum Gasteiger partial charge on any atom is -0.358 e. The van der Waals surface area contributed by atoms with Crippen LogP contribution in [-0.4, -0.2) is 16.5 Å². The number of thiophene rings is 1. The number of hydrogen-bond acceptors (Lipinski definition) is 3. The number of allylic oxidation sites excluding steroid dienone is 1. The smallest absolute Gasteiger partial charge is 0.196 e. The quantitative estimate of drug-likeness (QED) is 0.495. The van der Waals surface area contributed by atoms with Crippen molar-refractivity contribution in [2.24, 2.45) is 0 Å². The summed E-state index contributed by atoms with van der Waals surface area (Å²) in [6.07, 6.45) is 1.78. The minimum absolute atomic E-state index is 0.0793. The van der Waals surface area contributed by atoms with E-state index in [-0.39, 0.29) is 5.78 Å². The molecule has 0 amide bonds. The Bertz CT molecular complexity index is 828. The van der Waals surface area contributed by atoms with Gasteiger partial charge in [-0.2, -0.15) is 0 Å². The predicted molar refractivity (Wildman–Crippen MR) is 97.8 cm³/mol. The zero-order chi connectivity index (χ0) is 15.5. The number of fused-ring (bicyclic) bond motifs is 1. The maximum atomic E-state index is 12.4. The van der Waals surface area contributed by atoms with Gasteiger partial charge in [-0.1, -0.05) is 31.2 Å². The Hall–Kier alpha value is -1.78. The number of aromatic amines is 1. The van der Waals surface area contributed by atoms with Gasteiger partial charge >= 0.3 is 0 Å². The van der Waals surface area contributed by atoms with Gasteiger partial charge in [0.1, 0.15) is 0 Å². The van der Waals surface area contributed by atoms with Gasteiger partial charge in [-0.15, -0.1) is 23.1 Å². The summed E-state index contributed by atoms with van der Waals surface area (Å²) in [5, 5.41) is 3.11. The van der Waals surface area contributed by atoms with Gasteiger partial charge in [0, 0.05) is 33.1 Å². The van der Waals surface area contributed by atoms with E-state index in [1.54, 1.807) is 17.8 Å². The summed E-state index contributed by atoms with van der Waals surface area (Å²) in [5.41, 5.74) is 3.36. The number of thioether (sulfide) groups is 1. The Kier molecular flexibility index (Phi) is 4.50. The van der Waals surface area contributed by atoms with Crippen molar-refractivity contribution in [3.05, 3.63) is 64.0 Å². The zero-order valence-electron chi connectivity index (χ0n) is 12.6. The summed E-state index contributed by atoms with van der Waals surface area (Å²) in [5.74, 6) is 1.01. The molecule has 1 aromatic carbocycles. The van der Waals surface area contributed by atoms with Gasteiger partial charge in [-0.05, 0) is 30.2 Å². The number of H-pyrrole nitrogens is 1. The number of hydrogen-bond donors (Lipinski definition) is 1. The van der Waals surface area contributed by atoms with Crippen molar-refractivity contribution in [2.45, 2.75) is 13.8 Å². The van der Waals surface area contributed by atoms with Crippen LogP contribution in [-0.2, 0) is 0 Å². The first-order chi connectivity index (χ1) is 10.7. The third kappa shape index (κ3) is 2.89. The molecule has 0 aliphatic rings. The van der Waals surface area contributed by atoms with Gasteiger partial charge in [0.15, 0.2) is 5.78 Å². The van der Waals surface area contributed by atoms with E-state index in [0.717, 1.165) is 32.3 Å². The second-order valence-corrected chi connectivity index (χ2v) is 7.21. The highest BCUT2D eigenvalue weighted by molar-refractivity contribution is 8.08. The molecule has 0 unspecified atom stereocenters. The number of carbonyl (C=O) groups excluding carboxylic acids is 1. The van der Waals surface area contributed by atoms with Gasteiger partial charge in [0.05, 0.1) is 4.88 Å². The molecule has 0 atom stereocenters. The Morgan fingerprint density at radius 1 is 1.27 bits per heavy atom. The highest BCUT2D eigenvalue weighted by Gasteiger charge is 2.15. The minimum atomic E-state index is 0.0793. The maximum absolute atomic E-state index is 12.4. The summed E-state index contributed by atoms with van der Waals surface area (Å²) in [6.45, 7) is 4.17. The topological polar surface area (TPSA) is 32.9 Å². The van der Waals surface area contributed by atoms with Crippen molar-refractivity contribution in [1.82, 2.24) is 4.98 Å². The van der Waals surface area contributed by atoms with Crippen molar-refractivity contribution in [1.29, 1.82) is 0 Å². The number of aromatic nitrogens is 1. The zero-order valence-corrected chi connectivity index (χ0v) is 14.2. The standard InChI is InChI=1S/C18H17NOS2/c1-3-21-17(11-15(20)16-9-6-10-22-16)18-12(2)19-14-8-5-4-7-13(14)18/h4-11,19H,3H2,1-2H3/b17-11-. The first kappa shape index (κ1) is 15.1. The molecule has 0 aliphatic carbocycles. The lowest BCUT2D eigenvalue weighted by atomic mass is 10.1. The van der Waals surface area contributed by atoms with E-state index in [1.165, 1.54) is 16.7 Å². The molecule has 22 heavy (non-hydrogen) atoms. The van der Waals surface area contributed by atoms with Crippen molar-refractivity contribution in [3.8, 4) is 0 Å². The monoisotopic (exact) mass is 327 g/mol. The average molecular weight is 327 g/mol. The average Bonchev–Trinajstić information content (AvgIpc) is 3.13. The van der Waals surface area contributed by atoms with E-state index in [4.69, 9.17) is 0 Å². The molecule has 3 rings (SSSR count). The molecule has 2 aromatic heterocycles. The van der Waals surface area contributed by atoms with Crippen molar-refractivity contribution in [3.63, 3.8) is 0 Å². The van der Waals surface area contributed by atoms with E-state index in [1.807, 2.05) is 29.6 Å². The Labute approximate surface area is 138 Å². The molecular formula is C18H17NOS2. The first-order valence-electron chi connectivity index (χ1n) is 7.20. The molecule has 0 fully saturated rings. The van der Waals surface area contributed by atoms with E-state index in [0.29, 0.717) is 0 Å². The number of para-hydroxylation sites is 1. The fraction of sp³-hybridized carbons (Fsp3) is 0.167. The second-order valence-electron chi connectivity index (χ2n) is 4.95. The molecular weight excluding hydrogens is 310 g/mol. The van der Waals surface area contributed by atoms with Crippen LogP contribution in [0.1, 0.15) is 27.9 Å². The van der Waals surface area contributed by atoms with Crippen LogP contribution in [0.15, 0.2) is 47.9 Å². The number of carbonyl (C=O) groups is 1. The number of ketones is 1. The Morgan fingerprint density at radius 2 is 2.09 bits per heavy atom. The number of benzene rings is 1. The molecule has 0 radical (unpaired) electrons. The van der Waals surface area contributed by atoms with Crippen LogP contribution >= 0.6 is 23.1 Å². The van der Waals surface area contributed by atoms with E-state index < -0.39 is 0 Å². The summed E-state index contributed by atoms with van der Waals surface area (Å²) in [4.78, 5) is 17.7. The fourth-order valence-corrected chi connectivity index (χ4v) is 4.09. The molecule has 0 bridgehead atoms.